The van der Waals surface area contributed by atoms with Gasteiger partial charge in [-0.2, -0.15) is 0 Å². The number of fused-ring (bicyclic) bond motifs is 1. The first-order valence-corrected chi connectivity index (χ1v) is 9.57. The maximum absolute atomic E-state index is 13.8. The number of benzene rings is 1. The van der Waals surface area contributed by atoms with Gasteiger partial charge in [0.25, 0.3) is 0 Å². The molecule has 0 bridgehead atoms. The highest BCUT2D eigenvalue weighted by Gasteiger charge is 2.33. The third-order valence-corrected chi connectivity index (χ3v) is 6.31. The first-order chi connectivity index (χ1) is 12.1. The van der Waals surface area contributed by atoms with Crippen molar-refractivity contribution in [3.05, 3.63) is 47.6 Å². The van der Waals surface area contributed by atoms with E-state index in [1.54, 1.807) is 30.2 Å². The molecule has 1 fully saturated rings. The maximum atomic E-state index is 13.8. The fourth-order valence-corrected chi connectivity index (χ4v) is 4.47. The molecular weight excluding hydrogens is 359 g/mol. The Morgan fingerprint density at radius 3 is 2.96 bits per heavy atom. The first-order valence-electron chi connectivity index (χ1n) is 8.20. The molecule has 25 heavy (non-hydrogen) atoms. The van der Waals surface area contributed by atoms with E-state index in [4.69, 9.17) is 11.6 Å². The number of hydrogen-bond donors (Lipinski definition) is 1. The van der Waals surface area contributed by atoms with Gasteiger partial charge < -0.3 is 9.88 Å². The molecule has 0 amide bonds. The van der Waals surface area contributed by atoms with E-state index < -0.39 is 0 Å². The van der Waals surface area contributed by atoms with Crippen LogP contribution in [0.25, 0.3) is 11.0 Å². The van der Waals surface area contributed by atoms with Crippen LogP contribution in [-0.4, -0.2) is 33.8 Å². The van der Waals surface area contributed by atoms with Gasteiger partial charge >= 0.3 is 0 Å². The van der Waals surface area contributed by atoms with Crippen molar-refractivity contribution in [2.45, 2.75) is 23.8 Å². The van der Waals surface area contributed by atoms with E-state index >= 15 is 0 Å². The summed E-state index contributed by atoms with van der Waals surface area (Å²) in [6.07, 6.45) is 5.67. The molecule has 0 spiro atoms. The number of rotatable bonds is 5. The van der Waals surface area contributed by atoms with E-state index in [-0.39, 0.29) is 5.82 Å². The first kappa shape index (κ1) is 16.7. The zero-order valence-corrected chi connectivity index (χ0v) is 15.3. The SMILES string of the molecule is CN(c1ncnc2[nH]ccc12)[C@H]1C[C@@H](CSc2ccc(Cl)cc2F)C1. The van der Waals surface area contributed by atoms with Crippen molar-refractivity contribution in [2.75, 3.05) is 17.7 Å². The molecular formula is C18H18ClFN4S. The van der Waals surface area contributed by atoms with Crippen molar-refractivity contribution >= 4 is 40.2 Å². The molecule has 0 saturated heterocycles. The zero-order chi connectivity index (χ0) is 17.4. The van der Waals surface area contributed by atoms with Crippen molar-refractivity contribution < 1.29 is 4.39 Å². The van der Waals surface area contributed by atoms with E-state index in [1.165, 1.54) is 6.07 Å². The average molecular weight is 377 g/mol. The van der Waals surface area contributed by atoms with Crippen LogP contribution >= 0.6 is 23.4 Å². The van der Waals surface area contributed by atoms with Crippen LogP contribution < -0.4 is 4.90 Å². The molecule has 0 unspecified atom stereocenters. The molecule has 130 valence electrons. The number of aromatic nitrogens is 3. The van der Waals surface area contributed by atoms with E-state index in [9.17, 15) is 4.39 Å². The Labute approximate surface area is 154 Å². The lowest BCUT2D eigenvalue weighted by molar-refractivity contribution is 0.285. The van der Waals surface area contributed by atoms with Crippen LogP contribution in [0.15, 0.2) is 41.7 Å². The number of nitrogens with one attached hydrogen (secondary N) is 1. The van der Waals surface area contributed by atoms with Crippen LogP contribution in [0, 0.1) is 11.7 Å². The molecule has 2 aromatic heterocycles. The Morgan fingerprint density at radius 1 is 1.32 bits per heavy atom. The molecule has 1 aromatic carbocycles. The molecule has 7 heteroatoms. The zero-order valence-electron chi connectivity index (χ0n) is 13.7. The third kappa shape index (κ3) is 3.33. The van der Waals surface area contributed by atoms with Crippen molar-refractivity contribution in [1.82, 2.24) is 15.0 Å². The summed E-state index contributed by atoms with van der Waals surface area (Å²) in [5.41, 5.74) is 0.862. The molecule has 1 N–H and O–H groups in total. The van der Waals surface area contributed by atoms with Gasteiger partial charge in [0.15, 0.2) is 0 Å². The molecule has 4 rings (SSSR count). The fraction of sp³-hybridized carbons (Fsp3) is 0.333. The molecule has 0 aliphatic heterocycles. The van der Waals surface area contributed by atoms with Gasteiger partial charge in [-0.1, -0.05) is 11.6 Å². The lowest BCUT2D eigenvalue weighted by Crippen LogP contribution is -2.43. The summed E-state index contributed by atoms with van der Waals surface area (Å²) >= 11 is 7.37. The number of anilines is 1. The largest absolute Gasteiger partial charge is 0.356 e. The summed E-state index contributed by atoms with van der Waals surface area (Å²) in [6.45, 7) is 0. The van der Waals surface area contributed by atoms with Gasteiger partial charge in [0, 0.05) is 35.0 Å². The Balaban J connectivity index is 1.35. The predicted molar refractivity (Wildman–Crippen MR) is 101 cm³/mol. The minimum atomic E-state index is -0.235. The molecule has 4 nitrogen and oxygen atoms in total. The van der Waals surface area contributed by atoms with E-state index in [0.29, 0.717) is 21.9 Å². The monoisotopic (exact) mass is 376 g/mol. The second-order valence-electron chi connectivity index (χ2n) is 6.43. The number of halogens is 2. The Kier molecular flexibility index (Phi) is 4.56. The van der Waals surface area contributed by atoms with Crippen molar-refractivity contribution in [1.29, 1.82) is 0 Å². The summed E-state index contributed by atoms with van der Waals surface area (Å²) in [5, 5.41) is 1.49. The van der Waals surface area contributed by atoms with Gasteiger partial charge in [0.2, 0.25) is 0 Å². The van der Waals surface area contributed by atoms with Crippen molar-refractivity contribution in [2.24, 2.45) is 5.92 Å². The molecule has 1 saturated carbocycles. The van der Waals surface area contributed by atoms with Crippen LogP contribution in [0.4, 0.5) is 10.2 Å². The van der Waals surface area contributed by atoms with Crippen LogP contribution in [0.2, 0.25) is 5.02 Å². The summed E-state index contributed by atoms with van der Waals surface area (Å²) in [6, 6.07) is 7.35. The van der Waals surface area contributed by atoms with E-state index in [0.717, 1.165) is 35.4 Å². The third-order valence-electron chi connectivity index (χ3n) is 4.79. The second kappa shape index (κ2) is 6.84. The number of nitrogens with zero attached hydrogens (tertiary/aromatic N) is 3. The molecule has 3 aromatic rings. The minimum Gasteiger partial charge on any atom is -0.356 e. The number of hydrogen-bond acceptors (Lipinski definition) is 4. The fourth-order valence-electron chi connectivity index (χ4n) is 3.27. The Hall–Kier alpha value is -1.79. The summed E-state index contributed by atoms with van der Waals surface area (Å²) in [4.78, 5) is 14.7. The van der Waals surface area contributed by atoms with E-state index in [2.05, 4.69) is 26.9 Å². The van der Waals surface area contributed by atoms with Gasteiger partial charge in [-0.05, 0) is 43.0 Å². The second-order valence-corrected chi connectivity index (χ2v) is 7.92. The predicted octanol–water partition coefficient (Wildman–Crippen LogP) is 4.76. The summed E-state index contributed by atoms with van der Waals surface area (Å²) < 4.78 is 13.8. The maximum Gasteiger partial charge on any atom is 0.142 e. The quantitative estimate of drug-likeness (QED) is 0.652. The molecule has 0 radical (unpaired) electrons. The molecule has 2 heterocycles. The summed E-state index contributed by atoms with van der Waals surface area (Å²) in [7, 11) is 2.08. The number of aromatic amines is 1. The average Bonchev–Trinajstić information content (AvgIpc) is 3.03. The van der Waals surface area contributed by atoms with Gasteiger partial charge in [-0.3, -0.25) is 0 Å². The van der Waals surface area contributed by atoms with Gasteiger partial charge in [-0.15, -0.1) is 11.8 Å². The van der Waals surface area contributed by atoms with Crippen molar-refractivity contribution in [3.63, 3.8) is 0 Å². The van der Waals surface area contributed by atoms with Crippen molar-refractivity contribution in [3.8, 4) is 0 Å². The molecule has 0 atom stereocenters. The topological polar surface area (TPSA) is 44.8 Å². The van der Waals surface area contributed by atoms with Gasteiger partial charge in [0.1, 0.15) is 23.6 Å². The smallest absolute Gasteiger partial charge is 0.142 e. The van der Waals surface area contributed by atoms with E-state index in [1.807, 2.05) is 12.3 Å². The highest BCUT2D eigenvalue weighted by molar-refractivity contribution is 7.99. The van der Waals surface area contributed by atoms with Crippen LogP contribution in [-0.2, 0) is 0 Å². The van der Waals surface area contributed by atoms with Crippen LogP contribution in [0.1, 0.15) is 12.8 Å². The molecule has 1 aliphatic carbocycles. The van der Waals surface area contributed by atoms with Gasteiger partial charge in [-0.25, -0.2) is 14.4 Å². The Bertz CT molecular complexity index is 894. The normalized spacial score (nSPS) is 19.8. The van der Waals surface area contributed by atoms with Crippen LogP contribution in [0.3, 0.4) is 0 Å². The van der Waals surface area contributed by atoms with Crippen LogP contribution in [0.5, 0.6) is 0 Å². The summed E-state index contributed by atoms with van der Waals surface area (Å²) in [5.74, 6) is 2.25. The minimum absolute atomic E-state index is 0.235. The number of thioether (sulfide) groups is 1. The number of H-pyrrole nitrogens is 1. The molecule has 1 aliphatic rings. The highest BCUT2D eigenvalue weighted by atomic mass is 35.5. The lowest BCUT2D eigenvalue weighted by Gasteiger charge is -2.41. The Morgan fingerprint density at radius 2 is 2.16 bits per heavy atom. The van der Waals surface area contributed by atoms with Gasteiger partial charge in [0.05, 0.1) is 5.39 Å². The lowest BCUT2D eigenvalue weighted by atomic mass is 9.81. The highest BCUT2D eigenvalue weighted by Crippen LogP contribution is 2.38. The standard InChI is InChI=1S/C18H18ClFN4S/c1-24(18-14-4-5-21-17(14)22-10-23-18)13-6-11(7-13)9-25-16-3-2-12(19)8-15(16)20/h2-5,8,10-11,13H,6-7,9H2,1H3,(H,21,22,23)/t11-,13+.